The molecule has 0 bridgehead atoms. The van der Waals surface area contributed by atoms with Gasteiger partial charge < -0.3 is 9.64 Å². The Hall–Kier alpha value is -0.850. The first-order chi connectivity index (χ1) is 6.86. The molecule has 0 spiro atoms. The lowest BCUT2D eigenvalue weighted by atomic mass is 10.1. The summed E-state index contributed by atoms with van der Waals surface area (Å²) in [4.78, 5) is 11.2. The highest BCUT2D eigenvalue weighted by Crippen LogP contribution is 2.23. The normalized spacial score (nSPS) is 27.9. The number of rotatable bonds is 1. The Morgan fingerprint density at radius 1 is 1.47 bits per heavy atom. The van der Waals surface area contributed by atoms with Gasteiger partial charge in [-0.15, -0.1) is 0 Å². The highest BCUT2D eigenvalue weighted by Gasteiger charge is 2.45. The van der Waals surface area contributed by atoms with Crippen LogP contribution in [0.25, 0.3) is 0 Å². The SMILES string of the molecule is CO[C@@H]1CCN(C(=O)C(F)(F)F)C[C@@H]1F. The third-order valence-corrected chi connectivity index (χ3v) is 2.31. The predicted octanol–water partition coefficient (Wildman–Crippen LogP) is 1.13. The van der Waals surface area contributed by atoms with Gasteiger partial charge in [-0.2, -0.15) is 13.2 Å². The standard InChI is InChI=1S/C8H11F4NO2/c1-15-6-2-3-13(4-5(6)9)7(14)8(10,11)12/h5-6H,2-4H2,1H3/t5-,6+/m0/s1. The number of hydrogen-bond donors (Lipinski definition) is 0. The zero-order valence-corrected chi connectivity index (χ0v) is 8.05. The number of ether oxygens (including phenoxy) is 1. The smallest absolute Gasteiger partial charge is 0.378 e. The summed E-state index contributed by atoms with van der Waals surface area (Å²) in [5.74, 6) is -1.99. The second kappa shape index (κ2) is 4.34. The molecule has 1 aliphatic rings. The summed E-state index contributed by atoms with van der Waals surface area (Å²) >= 11 is 0. The first-order valence-electron chi connectivity index (χ1n) is 4.39. The van der Waals surface area contributed by atoms with Gasteiger partial charge in [0.05, 0.1) is 12.6 Å². The number of halogens is 4. The van der Waals surface area contributed by atoms with E-state index < -0.39 is 30.9 Å². The molecule has 1 heterocycles. The maximum Gasteiger partial charge on any atom is 0.471 e. The van der Waals surface area contributed by atoms with Crippen LogP contribution in [0.4, 0.5) is 17.6 Å². The molecule has 0 aliphatic carbocycles. The van der Waals surface area contributed by atoms with Crippen LogP contribution in [0.15, 0.2) is 0 Å². The summed E-state index contributed by atoms with van der Waals surface area (Å²) in [6.07, 6.45) is -7.13. The van der Waals surface area contributed by atoms with Crippen molar-refractivity contribution in [2.24, 2.45) is 0 Å². The monoisotopic (exact) mass is 229 g/mol. The molecule has 0 unspecified atom stereocenters. The third kappa shape index (κ3) is 2.80. The lowest BCUT2D eigenvalue weighted by Gasteiger charge is -2.34. The first kappa shape index (κ1) is 12.2. The molecule has 0 aromatic carbocycles. The van der Waals surface area contributed by atoms with E-state index in [1.165, 1.54) is 7.11 Å². The second-order valence-corrected chi connectivity index (χ2v) is 3.33. The molecule has 0 aromatic rings. The van der Waals surface area contributed by atoms with Gasteiger partial charge in [0.15, 0.2) is 0 Å². The van der Waals surface area contributed by atoms with Crippen LogP contribution < -0.4 is 0 Å². The van der Waals surface area contributed by atoms with Gasteiger partial charge in [0.2, 0.25) is 0 Å². The number of carbonyl (C=O) groups is 1. The molecule has 0 saturated carbocycles. The number of methoxy groups -OCH3 is 1. The van der Waals surface area contributed by atoms with E-state index in [4.69, 9.17) is 4.74 Å². The fourth-order valence-corrected chi connectivity index (χ4v) is 1.51. The number of likely N-dealkylation sites (tertiary alicyclic amines) is 1. The Bertz CT molecular complexity index is 243. The quantitative estimate of drug-likeness (QED) is 0.631. The molecule has 7 heteroatoms. The van der Waals surface area contributed by atoms with Gasteiger partial charge in [-0.05, 0) is 6.42 Å². The molecule has 15 heavy (non-hydrogen) atoms. The van der Waals surface area contributed by atoms with Crippen LogP contribution in [0.3, 0.4) is 0 Å². The molecule has 1 amide bonds. The third-order valence-electron chi connectivity index (χ3n) is 2.31. The Kier molecular flexibility index (Phi) is 3.54. The molecule has 3 nitrogen and oxygen atoms in total. The van der Waals surface area contributed by atoms with E-state index >= 15 is 0 Å². The summed E-state index contributed by atoms with van der Waals surface area (Å²) in [5, 5.41) is 0. The Balaban J connectivity index is 2.58. The van der Waals surface area contributed by atoms with Gasteiger partial charge in [-0.25, -0.2) is 4.39 Å². The van der Waals surface area contributed by atoms with Gasteiger partial charge in [0.25, 0.3) is 0 Å². The summed E-state index contributed by atoms with van der Waals surface area (Å²) in [7, 11) is 1.29. The van der Waals surface area contributed by atoms with Crippen LogP contribution in [-0.2, 0) is 9.53 Å². The number of carbonyl (C=O) groups excluding carboxylic acids is 1. The van der Waals surface area contributed by atoms with Crippen molar-refractivity contribution < 1.29 is 27.1 Å². The van der Waals surface area contributed by atoms with Crippen molar-refractivity contribution in [3.63, 3.8) is 0 Å². The van der Waals surface area contributed by atoms with Crippen molar-refractivity contribution in [3.8, 4) is 0 Å². The lowest BCUT2D eigenvalue weighted by molar-refractivity contribution is -0.189. The van der Waals surface area contributed by atoms with E-state index in [1.54, 1.807) is 0 Å². The van der Waals surface area contributed by atoms with E-state index in [0.717, 1.165) is 0 Å². The maximum atomic E-state index is 13.2. The minimum absolute atomic E-state index is 0.0828. The number of hydrogen-bond acceptors (Lipinski definition) is 2. The van der Waals surface area contributed by atoms with Crippen LogP contribution in [-0.4, -0.2) is 49.5 Å². The van der Waals surface area contributed by atoms with Crippen LogP contribution in [0.5, 0.6) is 0 Å². The molecular formula is C8H11F4NO2. The number of piperidine rings is 1. The van der Waals surface area contributed by atoms with Crippen molar-refractivity contribution in [3.05, 3.63) is 0 Å². The summed E-state index contributed by atoms with van der Waals surface area (Å²) < 4.78 is 53.9. The number of amides is 1. The van der Waals surface area contributed by atoms with Crippen molar-refractivity contribution in [2.45, 2.75) is 24.9 Å². The van der Waals surface area contributed by atoms with E-state index in [9.17, 15) is 22.4 Å². The lowest BCUT2D eigenvalue weighted by Crippen LogP contribution is -2.51. The van der Waals surface area contributed by atoms with Crippen LogP contribution in [0, 0.1) is 0 Å². The minimum atomic E-state index is -4.93. The topological polar surface area (TPSA) is 29.5 Å². The summed E-state index contributed by atoms with van der Waals surface area (Å²) in [5.41, 5.74) is 0. The van der Waals surface area contributed by atoms with Crippen molar-refractivity contribution in [1.82, 2.24) is 4.90 Å². The molecular weight excluding hydrogens is 218 g/mol. The predicted molar refractivity (Wildman–Crippen MR) is 42.9 cm³/mol. The van der Waals surface area contributed by atoms with Gasteiger partial charge in [-0.1, -0.05) is 0 Å². The van der Waals surface area contributed by atoms with Crippen molar-refractivity contribution >= 4 is 5.91 Å². The second-order valence-electron chi connectivity index (χ2n) is 3.33. The van der Waals surface area contributed by atoms with E-state index in [0.29, 0.717) is 4.90 Å². The van der Waals surface area contributed by atoms with Crippen LogP contribution in [0.1, 0.15) is 6.42 Å². The number of nitrogens with zero attached hydrogens (tertiary/aromatic N) is 1. The first-order valence-corrected chi connectivity index (χ1v) is 4.39. The van der Waals surface area contributed by atoms with Gasteiger partial charge in [0, 0.05) is 13.7 Å². The largest absolute Gasteiger partial charge is 0.471 e. The zero-order valence-electron chi connectivity index (χ0n) is 8.05. The molecule has 0 N–H and O–H groups in total. The maximum absolute atomic E-state index is 13.2. The summed E-state index contributed by atoms with van der Waals surface area (Å²) in [6, 6.07) is 0. The molecule has 1 aliphatic heterocycles. The molecule has 1 fully saturated rings. The molecule has 1 rings (SSSR count). The van der Waals surface area contributed by atoms with Crippen LogP contribution >= 0.6 is 0 Å². The molecule has 88 valence electrons. The minimum Gasteiger partial charge on any atom is -0.378 e. The zero-order chi connectivity index (χ0) is 11.6. The van der Waals surface area contributed by atoms with Gasteiger partial charge in [-0.3, -0.25) is 4.79 Å². The van der Waals surface area contributed by atoms with E-state index in [1.807, 2.05) is 0 Å². The van der Waals surface area contributed by atoms with Crippen LogP contribution in [0.2, 0.25) is 0 Å². The fourth-order valence-electron chi connectivity index (χ4n) is 1.51. The Labute approximate surface area is 84.0 Å². The Morgan fingerprint density at radius 2 is 2.07 bits per heavy atom. The molecule has 0 aromatic heterocycles. The average molecular weight is 229 g/mol. The van der Waals surface area contributed by atoms with E-state index in [2.05, 4.69) is 0 Å². The van der Waals surface area contributed by atoms with Crippen molar-refractivity contribution in [2.75, 3.05) is 20.2 Å². The van der Waals surface area contributed by atoms with Gasteiger partial charge >= 0.3 is 12.1 Å². The molecule has 0 radical (unpaired) electrons. The molecule has 2 atom stereocenters. The highest BCUT2D eigenvalue weighted by molar-refractivity contribution is 5.82. The fraction of sp³-hybridized carbons (Fsp3) is 0.875. The number of alkyl halides is 4. The highest BCUT2D eigenvalue weighted by atomic mass is 19.4. The van der Waals surface area contributed by atoms with Crippen molar-refractivity contribution in [1.29, 1.82) is 0 Å². The molecule has 1 saturated heterocycles. The van der Waals surface area contributed by atoms with Gasteiger partial charge in [0.1, 0.15) is 6.17 Å². The average Bonchev–Trinajstić information content (AvgIpc) is 2.15. The summed E-state index contributed by atoms with van der Waals surface area (Å²) in [6.45, 7) is -0.686. The Morgan fingerprint density at radius 3 is 2.47 bits per heavy atom. The van der Waals surface area contributed by atoms with E-state index in [-0.39, 0.29) is 13.0 Å².